The number of hydrogen-bond acceptors (Lipinski definition) is 3. The Balaban J connectivity index is 1.74. The lowest BCUT2D eigenvalue weighted by molar-refractivity contribution is -0.121. The Morgan fingerprint density at radius 1 is 1.25 bits per heavy atom. The zero-order valence-corrected chi connectivity index (χ0v) is 14.1. The molecule has 2 aromatic carbocycles. The fourth-order valence-electron chi connectivity index (χ4n) is 2.59. The van der Waals surface area contributed by atoms with E-state index in [0.717, 1.165) is 28.2 Å². The summed E-state index contributed by atoms with van der Waals surface area (Å²) in [5.41, 5.74) is 2.57. The molecule has 24 heavy (non-hydrogen) atoms. The maximum atomic E-state index is 13.2. The lowest BCUT2D eigenvalue weighted by Gasteiger charge is -2.10. The van der Waals surface area contributed by atoms with E-state index in [2.05, 4.69) is 10.3 Å². The van der Waals surface area contributed by atoms with Gasteiger partial charge >= 0.3 is 0 Å². The monoisotopic (exact) mass is 343 g/mol. The number of hydrogen-bond donors (Lipinski definition) is 1. The van der Waals surface area contributed by atoms with Crippen LogP contribution in [0.3, 0.4) is 0 Å². The van der Waals surface area contributed by atoms with Crippen LogP contribution in [0, 0.1) is 5.82 Å². The van der Waals surface area contributed by atoms with Crippen LogP contribution in [0.4, 0.5) is 4.39 Å². The zero-order valence-electron chi connectivity index (χ0n) is 13.3. The van der Waals surface area contributed by atoms with Crippen LogP contribution in [0.5, 0.6) is 0 Å². The standard InChI is InChI=1S/C18H18FN3OS/c1-24-12-17-21-15-7-2-3-8-16(15)22(17)11-18(23)20-10-13-5-4-6-14(19)9-13/h2-9H,10-12H2,1H3,(H,20,23). The molecule has 3 aromatic rings. The van der Waals surface area contributed by atoms with Gasteiger partial charge in [-0.25, -0.2) is 9.37 Å². The van der Waals surface area contributed by atoms with Gasteiger partial charge in [-0.15, -0.1) is 0 Å². The molecule has 1 heterocycles. The number of nitrogens with zero attached hydrogens (tertiary/aromatic N) is 2. The second-order valence-electron chi connectivity index (χ2n) is 5.44. The van der Waals surface area contributed by atoms with E-state index < -0.39 is 0 Å². The number of amides is 1. The largest absolute Gasteiger partial charge is 0.350 e. The van der Waals surface area contributed by atoms with Gasteiger partial charge in [0.05, 0.1) is 16.8 Å². The molecular formula is C18H18FN3OS. The van der Waals surface area contributed by atoms with E-state index in [1.54, 1.807) is 23.9 Å². The van der Waals surface area contributed by atoms with Gasteiger partial charge in [-0.1, -0.05) is 24.3 Å². The molecule has 0 aliphatic carbocycles. The first kappa shape index (κ1) is 16.5. The smallest absolute Gasteiger partial charge is 0.240 e. The summed E-state index contributed by atoms with van der Waals surface area (Å²) in [7, 11) is 0. The Morgan fingerprint density at radius 3 is 2.88 bits per heavy atom. The highest BCUT2D eigenvalue weighted by Gasteiger charge is 2.13. The minimum absolute atomic E-state index is 0.121. The Labute approximate surface area is 144 Å². The van der Waals surface area contributed by atoms with Crippen molar-refractivity contribution >= 4 is 28.7 Å². The summed E-state index contributed by atoms with van der Waals surface area (Å²) in [4.78, 5) is 16.9. The number of carbonyl (C=O) groups is 1. The lowest BCUT2D eigenvalue weighted by Crippen LogP contribution is -2.27. The van der Waals surface area contributed by atoms with E-state index >= 15 is 0 Å². The molecule has 1 aromatic heterocycles. The highest BCUT2D eigenvalue weighted by molar-refractivity contribution is 7.97. The molecule has 1 N–H and O–H groups in total. The maximum absolute atomic E-state index is 13.2. The van der Waals surface area contributed by atoms with E-state index in [9.17, 15) is 9.18 Å². The van der Waals surface area contributed by atoms with Crippen molar-refractivity contribution in [2.24, 2.45) is 0 Å². The molecule has 0 saturated carbocycles. The minimum Gasteiger partial charge on any atom is -0.350 e. The van der Waals surface area contributed by atoms with Crippen LogP contribution in [0.25, 0.3) is 11.0 Å². The molecule has 0 atom stereocenters. The van der Waals surface area contributed by atoms with Crippen molar-refractivity contribution in [1.82, 2.24) is 14.9 Å². The summed E-state index contributed by atoms with van der Waals surface area (Å²) < 4.78 is 15.1. The zero-order chi connectivity index (χ0) is 16.9. The molecule has 0 aliphatic rings. The van der Waals surface area contributed by atoms with Crippen LogP contribution in [-0.4, -0.2) is 21.7 Å². The Morgan fingerprint density at radius 2 is 2.08 bits per heavy atom. The number of imidazole rings is 1. The fourth-order valence-corrected chi connectivity index (χ4v) is 3.07. The predicted octanol–water partition coefficient (Wildman–Crippen LogP) is 3.35. The summed E-state index contributed by atoms with van der Waals surface area (Å²) >= 11 is 1.67. The van der Waals surface area contributed by atoms with Crippen LogP contribution in [-0.2, 0) is 23.6 Å². The third-order valence-electron chi connectivity index (χ3n) is 3.69. The number of nitrogens with one attached hydrogen (secondary N) is 1. The van der Waals surface area contributed by atoms with Gasteiger partial charge < -0.3 is 9.88 Å². The molecule has 6 heteroatoms. The molecule has 0 saturated heterocycles. The van der Waals surface area contributed by atoms with E-state index in [1.807, 2.05) is 35.1 Å². The number of benzene rings is 2. The van der Waals surface area contributed by atoms with Crippen molar-refractivity contribution in [1.29, 1.82) is 0 Å². The van der Waals surface area contributed by atoms with Gasteiger partial charge in [0, 0.05) is 6.54 Å². The highest BCUT2D eigenvalue weighted by Crippen LogP contribution is 2.18. The van der Waals surface area contributed by atoms with Gasteiger partial charge in [0.25, 0.3) is 0 Å². The van der Waals surface area contributed by atoms with Crippen LogP contribution >= 0.6 is 11.8 Å². The van der Waals surface area contributed by atoms with Gasteiger partial charge in [0.1, 0.15) is 18.2 Å². The first-order valence-corrected chi connectivity index (χ1v) is 9.01. The second kappa shape index (κ2) is 7.49. The van der Waals surface area contributed by atoms with Gasteiger partial charge in [0.2, 0.25) is 5.91 Å². The average molecular weight is 343 g/mol. The molecular weight excluding hydrogens is 325 g/mol. The molecule has 1 amide bonds. The predicted molar refractivity (Wildman–Crippen MR) is 95.2 cm³/mol. The molecule has 4 nitrogen and oxygen atoms in total. The molecule has 0 radical (unpaired) electrons. The van der Waals surface area contributed by atoms with Crippen LogP contribution in [0.2, 0.25) is 0 Å². The number of aromatic nitrogens is 2. The van der Waals surface area contributed by atoms with Gasteiger partial charge in [-0.05, 0) is 36.1 Å². The maximum Gasteiger partial charge on any atom is 0.240 e. The summed E-state index contributed by atoms with van der Waals surface area (Å²) in [6.45, 7) is 0.507. The molecule has 124 valence electrons. The molecule has 0 fully saturated rings. The van der Waals surface area contributed by atoms with E-state index in [1.165, 1.54) is 12.1 Å². The Hall–Kier alpha value is -2.34. The summed E-state index contributed by atoms with van der Waals surface area (Å²) in [6.07, 6.45) is 2.01. The first-order valence-electron chi connectivity index (χ1n) is 7.61. The first-order chi connectivity index (χ1) is 11.7. The topological polar surface area (TPSA) is 46.9 Å². The normalized spacial score (nSPS) is 10.9. The molecule has 0 spiro atoms. The average Bonchev–Trinajstić information content (AvgIpc) is 2.91. The minimum atomic E-state index is -0.301. The number of carbonyl (C=O) groups excluding carboxylic acids is 1. The number of rotatable bonds is 6. The van der Waals surface area contributed by atoms with Crippen molar-refractivity contribution in [2.45, 2.75) is 18.8 Å². The van der Waals surface area contributed by atoms with Gasteiger partial charge in [-0.2, -0.15) is 11.8 Å². The van der Waals surface area contributed by atoms with E-state index in [-0.39, 0.29) is 18.3 Å². The van der Waals surface area contributed by atoms with Crippen molar-refractivity contribution in [2.75, 3.05) is 6.26 Å². The highest BCUT2D eigenvalue weighted by atomic mass is 32.2. The van der Waals surface area contributed by atoms with Crippen LogP contribution in [0.1, 0.15) is 11.4 Å². The quantitative estimate of drug-likeness (QED) is 0.747. The fraction of sp³-hybridized carbons (Fsp3) is 0.222. The van der Waals surface area contributed by atoms with Crippen LogP contribution < -0.4 is 5.32 Å². The number of thioether (sulfide) groups is 1. The van der Waals surface area contributed by atoms with Crippen molar-refractivity contribution < 1.29 is 9.18 Å². The molecule has 0 aliphatic heterocycles. The summed E-state index contributed by atoms with van der Waals surface area (Å²) in [6, 6.07) is 14.0. The summed E-state index contributed by atoms with van der Waals surface area (Å²) in [5.74, 6) is 1.20. The molecule has 3 rings (SSSR count). The second-order valence-corrected chi connectivity index (χ2v) is 6.31. The number of halogens is 1. The van der Waals surface area contributed by atoms with Gasteiger partial charge in [0.15, 0.2) is 0 Å². The van der Waals surface area contributed by atoms with E-state index in [0.29, 0.717) is 6.54 Å². The molecule has 0 unspecified atom stereocenters. The molecule has 0 bridgehead atoms. The number of fused-ring (bicyclic) bond motifs is 1. The SMILES string of the molecule is CSCc1nc2ccccc2n1CC(=O)NCc1cccc(F)c1. The third kappa shape index (κ3) is 3.76. The number of para-hydroxylation sites is 2. The van der Waals surface area contributed by atoms with Gasteiger partial charge in [-0.3, -0.25) is 4.79 Å². The van der Waals surface area contributed by atoms with Crippen molar-refractivity contribution in [3.63, 3.8) is 0 Å². The van der Waals surface area contributed by atoms with Crippen LogP contribution in [0.15, 0.2) is 48.5 Å². The summed E-state index contributed by atoms with van der Waals surface area (Å²) in [5, 5.41) is 2.84. The lowest BCUT2D eigenvalue weighted by atomic mass is 10.2. The third-order valence-corrected chi connectivity index (χ3v) is 4.23. The van der Waals surface area contributed by atoms with Crippen molar-refractivity contribution in [3.05, 3.63) is 65.7 Å². The Bertz CT molecular complexity index is 862. The van der Waals surface area contributed by atoms with Crippen molar-refractivity contribution in [3.8, 4) is 0 Å². The Kier molecular flexibility index (Phi) is 5.15. The van der Waals surface area contributed by atoms with E-state index in [4.69, 9.17) is 0 Å².